The quantitative estimate of drug-likeness (QED) is 0.417. The first-order valence-electron chi connectivity index (χ1n) is 11.1. The summed E-state index contributed by atoms with van der Waals surface area (Å²) in [6.45, 7) is 6.34. The number of nitrogen functional groups attached to an aromatic ring is 1. The number of nitrogens with zero attached hydrogens (tertiary/aromatic N) is 7. The first kappa shape index (κ1) is 22.8. The van der Waals surface area contributed by atoms with Crippen molar-refractivity contribution in [1.82, 2.24) is 35.0 Å². The standard InChI is InChI=1S/C21H29N9O3/c1-2-3-7-32-8-4-23-17(31)14-30-19-16(13-26-30)18(15-11-24-20(22)25-12-15)27-21(28-19)29-5-9-33-10-6-29/h11-13H,2-10,14H2,1H3,(H,23,31)(H2,22,24,25). The van der Waals surface area contributed by atoms with Crippen molar-refractivity contribution < 1.29 is 14.3 Å². The number of morpholine rings is 1. The van der Waals surface area contributed by atoms with Crippen molar-refractivity contribution in [2.24, 2.45) is 0 Å². The maximum Gasteiger partial charge on any atom is 0.241 e. The van der Waals surface area contributed by atoms with E-state index in [2.05, 4.69) is 32.2 Å². The second-order valence-electron chi connectivity index (χ2n) is 7.66. The average Bonchev–Trinajstić information content (AvgIpc) is 3.24. The van der Waals surface area contributed by atoms with E-state index in [0.717, 1.165) is 12.8 Å². The van der Waals surface area contributed by atoms with Crippen LogP contribution >= 0.6 is 0 Å². The van der Waals surface area contributed by atoms with Gasteiger partial charge in [0.2, 0.25) is 17.8 Å². The second kappa shape index (κ2) is 11.0. The van der Waals surface area contributed by atoms with Gasteiger partial charge in [0.25, 0.3) is 0 Å². The third-order valence-corrected chi connectivity index (χ3v) is 5.23. The maximum absolute atomic E-state index is 12.5. The molecule has 0 spiro atoms. The lowest BCUT2D eigenvalue weighted by atomic mass is 10.2. The minimum absolute atomic E-state index is 0.0374. The van der Waals surface area contributed by atoms with Gasteiger partial charge in [-0.25, -0.2) is 19.6 Å². The number of hydrogen-bond acceptors (Lipinski definition) is 10. The topological polar surface area (TPSA) is 146 Å². The van der Waals surface area contributed by atoms with Crippen LogP contribution in [0.2, 0.25) is 0 Å². The van der Waals surface area contributed by atoms with Gasteiger partial charge < -0.3 is 25.4 Å². The molecular formula is C21H29N9O3. The molecule has 0 unspecified atom stereocenters. The van der Waals surface area contributed by atoms with Gasteiger partial charge in [-0.3, -0.25) is 4.79 Å². The Bertz CT molecular complexity index is 1060. The fraction of sp³-hybridized carbons (Fsp3) is 0.524. The fourth-order valence-electron chi connectivity index (χ4n) is 3.45. The number of hydrogen-bond donors (Lipinski definition) is 2. The molecule has 0 radical (unpaired) electrons. The summed E-state index contributed by atoms with van der Waals surface area (Å²) in [6, 6.07) is 0. The molecule has 1 amide bonds. The first-order chi connectivity index (χ1) is 16.2. The zero-order valence-electron chi connectivity index (χ0n) is 18.7. The largest absolute Gasteiger partial charge is 0.380 e. The third kappa shape index (κ3) is 5.71. The second-order valence-corrected chi connectivity index (χ2v) is 7.66. The zero-order valence-corrected chi connectivity index (χ0v) is 18.7. The number of rotatable bonds is 10. The van der Waals surface area contributed by atoms with Crippen molar-refractivity contribution >= 4 is 28.8 Å². The molecule has 1 saturated heterocycles. The lowest BCUT2D eigenvalue weighted by Crippen LogP contribution is -2.37. The van der Waals surface area contributed by atoms with Gasteiger partial charge in [0.15, 0.2) is 5.65 Å². The van der Waals surface area contributed by atoms with Crippen LogP contribution < -0.4 is 16.0 Å². The summed E-state index contributed by atoms with van der Waals surface area (Å²) < 4.78 is 12.5. The highest BCUT2D eigenvalue weighted by Gasteiger charge is 2.21. The molecule has 1 aliphatic rings. The minimum atomic E-state index is -0.164. The molecule has 4 heterocycles. The van der Waals surface area contributed by atoms with Crippen molar-refractivity contribution in [3.8, 4) is 11.3 Å². The molecule has 3 N–H and O–H groups in total. The third-order valence-electron chi connectivity index (χ3n) is 5.23. The van der Waals surface area contributed by atoms with Crippen LogP contribution in [0.25, 0.3) is 22.3 Å². The summed E-state index contributed by atoms with van der Waals surface area (Å²) >= 11 is 0. The highest BCUT2D eigenvalue weighted by molar-refractivity contribution is 5.91. The number of aromatic nitrogens is 6. The number of nitrogens with two attached hydrogens (primary N) is 1. The van der Waals surface area contributed by atoms with E-state index in [1.807, 2.05) is 0 Å². The molecule has 12 nitrogen and oxygen atoms in total. The van der Waals surface area contributed by atoms with Crippen LogP contribution in [0.4, 0.5) is 11.9 Å². The highest BCUT2D eigenvalue weighted by Crippen LogP contribution is 2.28. The van der Waals surface area contributed by atoms with Gasteiger partial charge in [-0.1, -0.05) is 13.3 Å². The Morgan fingerprint density at radius 2 is 1.97 bits per heavy atom. The minimum Gasteiger partial charge on any atom is -0.380 e. The molecule has 0 aliphatic carbocycles. The molecule has 12 heteroatoms. The normalized spacial score (nSPS) is 14.0. The van der Waals surface area contributed by atoms with E-state index >= 15 is 0 Å². The molecule has 0 bridgehead atoms. The Labute approximate surface area is 191 Å². The SMILES string of the molecule is CCCCOCCNC(=O)Cn1ncc2c(-c3cnc(N)nc3)nc(N3CCOCC3)nc21. The zero-order chi connectivity index (χ0) is 23.0. The predicted octanol–water partition coefficient (Wildman–Crippen LogP) is 0.635. The summed E-state index contributed by atoms with van der Waals surface area (Å²) in [6.07, 6.45) is 6.99. The van der Waals surface area contributed by atoms with Crippen molar-refractivity contribution in [3.05, 3.63) is 18.6 Å². The number of unbranched alkanes of at least 4 members (excludes halogenated alkanes) is 1. The Balaban J connectivity index is 1.57. The van der Waals surface area contributed by atoms with Gasteiger partial charge in [-0.2, -0.15) is 10.1 Å². The Kier molecular flexibility index (Phi) is 7.58. The number of nitrogens with one attached hydrogen (secondary N) is 1. The Morgan fingerprint density at radius 3 is 2.73 bits per heavy atom. The first-order valence-corrected chi connectivity index (χ1v) is 11.1. The number of fused-ring (bicyclic) bond motifs is 1. The number of amides is 1. The highest BCUT2D eigenvalue weighted by atomic mass is 16.5. The van der Waals surface area contributed by atoms with E-state index in [1.54, 1.807) is 23.3 Å². The molecule has 3 aromatic heterocycles. The molecule has 1 aliphatic heterocycles. The Hall–Kier alpha value is -3.38. The van der Waals surface area contributed by atoms with E-state index in [9.17, 15) is 4.79 Å². The number of ether oxygens (including phenoxy) is 2. The van der Waals surface area contributed by atoms with Crippen molar-refractivity contribution in [1.29, 1.82) is 0 Å². The summed E-state index contributed by atoms with van der Waals surface area (Å²) in [5.74, 6) is 0.565. The molecule has 0 atom stereocenters. The van der Waals surface area contributed by atoms with Gasteiger partial charge in [-0.05, 0) is 6.42 Å². The van der Waals surface area contributed by atoms with Gasteiger partial charge in [-0.15, -0.1) is 0 Å². The summed E-state index contributed by atoms with van der Waals surface area (Å²) in [7, 11) is 0. The molecule has 0 aromatic carbocycles. The number of carbonyl (C=O) groups excluding carboxylic acids is 1. The smallest absolute Gasteiger partial charge is 0.241 e. The average molecular weight is 456 g/mol. The summed E-state index contributed by atoms with van der Waals surface area (Å²) in [4.78, 5) is 32.2. The molecule has 176 valence electrons. The van der Waals surface area contributed by atoms with E-state index in [4.69, 9.17) is 25.2 Å². The van der Waals surface area contributed by atoms with Crippen LogP contribution in [0.5, 0.6) is 0 Å². The number of carbonyl (C=O) groups is 1. The lowest BCUT2D eigenvalue weighted by Gasteiger charge is -2.27. The van der Waals surface area contributed by atoms with Gasteiger partial charge in [0.1, 0.15) is 6.54 Å². The van der Waals surface area contributed by atoms with Gasteiger partial charge in [0.05, 0.1) is 37.1 Å². The van der Waals surface area contributed by atoms with Crippen LogP contribution in [-0.2, 0) is 20.8 Å². The van der Waals surface area contributed by atoms with E-state index < -0.39 is 0 Å². The monoisotopic (exact) mass is 455 g/mol. The van der Waals surface area contributed by atoms with Gasteiger partial charge in [0, 0.05) is 44.2 Å². The van der Waals surface area contributed by atoms with Crippen LogP contribution in [0, 0.1) is 0 Å². The van der Waals surface area contributed by atoms with Crippen molar-refractivity contribution in [3.63, 3.8) is 0 Å². The van der Waals surface area contributed by atoms with Crippen LogP contribution in [-0.4, -0.2) is 81.7 Å². The van der Waals surface area contributed by atoms with Crippen LogP contribution in [0.1, 0.15) is 19.8 Å². The van der Waals surface area contributed by atoms with Crippen LogP contribution in [0.15, 0.2) is 18.6 Å². The summed E-state index contributed by atoms with van der Waals surface area (Å²) in [5.41, 5.74) is 7.54. The summed E-state index contributed by atoms with van der Waals surface area (Å²) in [5, 5.41) is 7.98. The van der Waals surface area contributed by atoms with E-state index in [0.29, 0.717) is 74.3 Å². The molecule has 33 heavy (non-hydrogen) atoms. The number of anilines is 2. The fourth-order valence-corrected chi connectivity index (χ4v) is 3.45. The molecule has 3 aromatic rings. The maximum atomic E-state index is 12.5. The van der Waals surface area contributed by atoms with Gasteiger partial charge >= 0.3 is 0 Å². The molecule has 0 saturated carbocycles. The predicted molar refractivity (Wildman–Crippen MR) is 123 cm³/mol. The van der Waals surface area contributed by atoms with E-state index in [-0.39, 0.29) is 18.4 Å². The van der Waals surface area contributed by atoms with E-state index in [1.165, 1.54) is 0 Å². The lowest BCUT2D eigenvalue weighted by molar-refractivity contribution is -0.122. The molecule has 4 rings (SSSR count). The Morgan fingerprint density at radius 1 is 1.18 bits per heavy atom. The molecule has 1 fully saturated rings. The van der Waals surface area contributed by atoms with Crippen LogP contribution in [0.3, 0.4) is 0 Å². The van der Waals surface area contributed by atoms with Crippen molar-refractivity contribution in [2.75, 3.05) is 56.7 Å². The molecular weight excluding hydrogens is 426 g/mol. The van der Waals surface area contributed by atoms with Crippen molar-refractivity contribution in [2.45, 2.75) is 26.3 Å².